The summed E-state index contributed by atoms with van der Waals surface area (Å²) >= 11 is 0. The van der Waals surface area contributed by atoms with Crippen LogP contribution in [0.2, 0.25) is 0 Å². The number of quaternary nitrogens is 1. The minimum Gasteiger partial charge on any atom is -0.454 e. The van der Waals surface area contributed by atoms with E-state index in [2.05, 4.69) is 32.7 Å². The van der Waals surface area contributed by atoms with Gasteiger partial charge in [-0.05, 0) is 19.4 Å². The summed E-state index contributed by atoms with van der Waals surface area (Å²) in [6.07, 6.45) is 8.50. The van der Waals surface area contributed by atoms with E-state index >= 15 is 0 Å². The molecule has 1 nitrogen and oxygen atoms in total. The molecule has 0 bridgehead atoms. The average Bonchev–Trinajstić information content (AvgIpc) is 2.03. The average molecular weight is 160 g/mol. The van der Waals surface area contributed by atoms with E-state index in [0.717, 1.165) is 4.48 Å². The summed E-state index contributed by atoms with van der Waals surface area (Å²) in [7, 11) is 2.32. The summed E-state index contributed by atoms with van der Waals surface area (Å²) in [5, 5.41) is 0. The van der Waals surface area contributed by atoms with E-state index < -0.39 is 0 Å². The Kier molecular flexibility index (Phi) is 6.01. The first-order valence-electron chi connectivity index (χ1n) is 4.57. The van der Waals surface area contributed by atoms with E-state index in [1.165, 1.54) is 32.4 Å². The molecule has 0 unspecified atom stereocenters. The van der Waals surface area contributed by atoms with Crippen molar-refractivity contribution in [2.75, 3.05) is 20.1 Å². The van der Waals surface area contributed by atoms with E-state index in [9.17, 15) is 0 Å². The van der Waals surface area contributed by atoms with Crippen LogP contribution < -0.4 is 18.9 Å². The predicted molar refractivity (Wildman–Crippen MR) is 48.9 cm³/mol. The molecule has 1 saturated heterocycles. The van der Waals surface area contributed by atoms with Crippen molar-refractivity contribution >= 4 is 0 Å². The second-order valence-electron chi connectivity index (χ2n) is 3.63. The maximum atomic E-state index is 2.45. The van der Waals surface area contributed by atoms with Crippen LogP contribution in [0.4, 0.5) is 0 Å². The maximum Gasteiger partial charge on any atom is 1.00 e. The first-order valence-corrected chi connectivity index (χ1v) is 4.57. The van der Waals surface area contributed by atoms with Crippen LogP contribution in [0.25, 0.3) is 0 Å². The zero-order valence-electron chi connectivity index (χ0n) is 8.71. The van der Waals surface area contributed by atoms with Crippen molar-refractivity contribution in [1.29, 1.82) is 0 Å². The number of rotatable bonds is 2. The van der Waals surface area contributed by atoms with E-state index in [1.54, 1.807) is 0 Å². The SMILES string of the molecule is C/C=C/C[N@+]1(C)[CH-]CCCC1.[Li+]. The molecule has 0 spiro atoms. The van der Waals surface area contributed by atoms with Gasteiger partial charge in [0.05, 0.1) is 13.1 Å². The fourth-order valence-electron chi connectivity index (χ4n) is 1.62. The second-order valence-corrected chi connectivity index (χ2v) is 3.63. The summed E-state index contributed by atoms with van der Waals surface area (Å²) in [6.45, 7) is 7.04. The molecule has 0 N–H and O–H groups in total. The third-order valence-corrected chi connectivity index (χ3v) is 2.45. The number of piperidine rings is 1. The monoisotopic (exact) mass is 160 g/mol. The van der Waals surface area contributed by atoms with E-state index in [0.29, 0.717) is 0 Å². The van der Waals surface area contributed by atoms with Crippen LogP contribution in [0.15, 0.2) is 12.2 Å². The largest absolute Gasteiger partial charge is 1.00 e. The number of nitrogens with zero attached hydrogens (tertiary/aromatic N) is 1. The molecule has 12 heavy (non-hydrogen) atoms. The quantitative estimate of drug-likeness (QED) is 0.218. The molecule has 64 valence electrons. The van der Waals surface area contributed by atoms with Gasteiger partial charge in [0.2, 0.25) is 0 Å². The molecule has 0 saturated carbocycles. The first kappa shape index (κ1) is 12.3. The molecule has 1 fully saturated rings. The van der Waals surface area contributed by atoms with Crippen LogP contribution in [-0.4, -0.2) is 24.6 Å². The predicted octanol–water partition coefficient (Wildman–Crippen LogP) is -0.641. The van der Waals surface area contributed by atoms with E-state index in [1.807, 2.05) is 0 Å². The Labute approximate surface area is 88.6 Å². The molecular weight excluding hydrogens is 141 g/mol. The normalized spacial score (nSPS) is 30.2. The summed E-state index contributed by atoms with van der Waals surface area (Å²) < 4.78 is 1.14. The summed E-state index contributed by atoms with van der Waals surface area (Å²) in [5.41, 5.74) is 0. The Hall–Kier alpha value is 0.297. The number of hydrogen-bond donors (Lipinski definition) is 0. The molecular formula is C10H19LiN+. The molecule has 1 heterocycles. The Morgan fingerprint density at radius 2 is 2.17 bits per heavy atom. The van der Waals surface area contributed by atoms with Crippen molar-refractivity contribution in [2.45, 2.75) is 26.2 Å². The van der Waals surface area contributed by atoms with Gasteiger partial charge in [-0.1, -0.05) is 12.5 Å². The molecule has 0 aromatic carbocycles. The van der Waals surface area contributed by atoms with Gasteiger partial charge in [-0.3, -0.25) is 0 Å². The van der Waals surface area contributed by atoms with Gasteiger partial charge in [0.25, 0.3) is 0 Å². The third kappa shape index (κ3) is 3.80. The van der Waals surface area contributed by atoms with Crippen LogP contribution >= 0.6 is 0 Å². The van der Waals surface area contributed by atoms with Gasteiger partial charge < -0.3 is 4.48 Å². The number of allylic oxidation sites excluding steroid dienone is 1. The molecule has 1 aliphatic rings. The smallest absolute Gasteiger partial charge is 0.454 e. The molecule has 0 radical (unpaired) electrons. The number of likely N-dealkylation sites (N-methyl/N-ethyl adjacent to an activating group) is 1. The summed E-state index contributed by atoms with van der Waals surface area (Å²) in [4.78, 5) is 0. The minimum atomic E-state index is 0. The van der Waals surface area contributed by atoms with Crippen molar-refractivity contribution in [2.24, 2.45) is 0 Å². The maximum absolute atomic E-state index is 2.45. The summed E-state index contributed by atoms with van der Waals surface area (Å²) in [6, 6.07) is 0. The molecule has 1 rings (SSSR count). The van der Waals surface area contributed by atoms with Crippen molar-refractivity contribution in [1.82, 2.24) is 0 Å². The van der Waals surface area contributed by atoms with Crippen LogP contribution in [0.5, 0.6) is 0 Å². The van der Waals surface area contributed by atoms with E-state index in [-0.39, 0.29) is 18.9 Å². The van der Waals surface area contributed by atoms with Gasteiger partial charge in [0, 0.05) is 7.05 Å². The van der Waals surface area contributed by atoms with Gasteiger partial charge in [-0.15, -0.1) is 13.0 Å². The Morgan fingerprint density at radius 1 is 1.42 bits per heavy atom. The van der Waals surface area contributed by atoms with Crippen molar-refractivity contribution < 1.29 is 23.3 Å². The van der Waals surface area contributed by atoms with Crippen LogP contribution in [0.1, 0.15) is 26.2 Å². The summed E-state index contributed by atoms with van der Waals surface area (Å²) in [5.74, 6) is 0. The Bertz CT molecular complexity index is 137. The molecule has 0 aromatic heterocycles. The molecule has 2 heteroatoms. The van der Waals surface area contributed by atoms with Gasteiger partial charge in [-0.25, -0.2) is 0 Å². The van der Waals surface area contributed by atoms with Gasteiger partial charge in [0.1, 0.15) is 0 Å². The van der Waals surface area contributed by atoms with Crippen molar-refractivity contribution in [3.8, 4) is 0 Å². The van der Waals surface area contributed by atoms with Crippen molar-refractivity contribution in [3.05, 3.63) is 18.7 Å². The second kappa shape index (κ2) is 5.86. The van der Waals surface area contributed by atoms with Crippen LogP contribution in [0, 0.1) is 6.54 Å². The van der Waals surface area contributed by atoms with Gasteiger partial charge in [0.15, 0.2) is 0 Å². The van der Waals surface area contributed by atoms with Gasteiger partial charge in [-0.2, -0.15) is 0 Å². The number of likely N-dealkylation sites (tertiary alicyclic amines) is 1. The topological polar surface area (TPSA) is 0 Å². The van der Waals surface area contributed by atoms with E-state index in [4.69, 9.17) is 0 Å². The molecule has 1 aliphatic heterocycles. The van der Waals surface area contributed by atoms with Crippen LogP contribution in [-0.2, 0) is 0 Å². The third-order valence-electron chi connectivity index (χ3n) is 2.45. The zero-order valence-corrected chi connectivity index (χ0v) is 8.71. The molecule has 1 atom stereocenters. The first-order chi connectivity index (χ1) is 5.27. The zero-order chi connectivity index (χ0) is 8.16. The molecule has 0 aliphatic carbocycles. The minimum absolute atomic E-state index is 0. The van der Waals surface area contributed by atoms with Gasteiger partial charge >= 0.3 is 18.9 Å². The fraction of sp³-hybridized carbons (Fsp3) is 0.700. The number of hydrogen-bond acceptors (Lipinski definition) is 0. The standard InChI is InChI=1S/C10H19N.Li/c1-3-4-8-11(2)9-6-5-7-10-11;/h3-4,9H,5-8,10H2,1-2H3;/q;+1/b4-3+;/t11-;/m1./s1. The Balaban J connectivity index is 0.00000121. The molecule has 0 aromatic rings. The fourth-order valence-corrected chi connectivity index (χ4v) is 1.62. The molecule has 0 amide bonds. The van der Waals surface area contributed by atoms with Crippen LogP contribution in [0.3, 0.4) is 0 Å². The Morgan fingerprint density at radius 3 is 2.67 bits per heavy atom. The van der Waals surface area contributed by atoms with Crippen molar-refractivity contribution in [3.63, 3.8) is 0 Å².